The molecule has 9 unspecified atom stereocenters. The summed E-state index contributed by atoms with van der Waals surface area (Å²) in [7, 11) is -2.58. The zero-order valence-electron chi connectivity index (χ0n) is 16.0. The standard InChI is InChI=1S/C20H34O4Si/c1-4-21-25(22-5-2,23-6-3)19-8-7-12-13-9-16(20(12)19)15-11-18-17(24-18)10-14(13)15/h12-20H,4-11H2,1-3H3. The molecule has 5 aliphatic rings. The van der Waals surface area contributed by atoms with E-state index in [4.69, 9.17) is 18.0 Å². The minimum Gasteiger partial charge on any atom is -0.374 e. The summed E-state index contributed by atoms with van der Waals surface area (Å²) in [5.74, 6) is 5.39. The van der Waals surface area contributed by atoms with Gasteiger partial charge >= 0.3 is 8.80 Å². The lowest BCUT2D eigenvalue weighted by atomic mass is 9.64. The molecule has 1 saturated heterocycles. The number of fused-ring (bicyclic) bond motifs is 9. The summed E-state index contributed by atoms with van der Waals surface area (Å²) >= 11 is 0. The van der Waals surface area contributed by atoms with Gasteiger partial charge in [-0.05, 0) is 88.4 Å². The molecule has 0 aromatic carbocycles. The second-order valence-corrected chi connectivity index (χ2v) is 11.7. The van der Waals surface area contributed by atoms with Crippen molar-refractivity contribution in [3.8, 4) is 0 Å². The van der Waals surface area contributed by atoms with Crippen molar-refractivity contribution in [1.82, 2.24) is 0 Å². The van der Waals surface area contributed by atoms with E-state index >= 15 is 0 Å². The zero-order chi connectivity index (χ0) is 17.2. The molecule has 9 atom stereocenters. The van der Waals surface area contributed by atoms with E-state index in [-0.39, 0.29) is 0 Å². The summed E-state index contributed by atoms with van der Waals surface area (Å²) in [6, 6.07) is 0. The van der Waals surface area contributed by atoms with Gasteiger partial charge in [0, 0.05) is 25.4 Å². The van der Waals surface area contributed by atoms with Crippen LogP contribution < -0.4 is 0 Å². The first-order valence-electron chi connectivity index (χ1n) is 10.8. The molecular formula is C20H34O4Si. The summed E-state index contributed by atoms with van der Waals surface area (Å²) in [6.45, 7) is 8.39. The van der Waals surface area contributed by atoms with Crippen LogP contribution in [-0.4, -0.2) is 40.8 Å². The Bertz CT molecular complexity index is 495. The highest BCUT2D eigenvalue weighted by molar-refractivity contribution is 6.62. The third-order valence-electron chi connectivity index (χ3n) is 8.20. The summed E-state index contributed by atoms with van der Waals surface area (Å²) in [5, 5.41) is 0. The largest absolute Gasteiger partial charge is 0.504 e. The van der Waals surface area contributed by atoms with Crippen molar-refractivity contribution in [2.75, 3.05) is 19.8 Å². The first-order chi connectivity index (χ1) is 12.2. The van der Waals surface area contributed by atoms with Crippen molar-refractivity contribution < 1.29 is 18.0 Å². The lowest BCUT2D eigenvalue weighted by molar-refractivity contribution is 0.0364. The minimum atomic E-state index is -2.58. The first kappa shape index (κ1) is 17.2. The van der Waals surface area contributed by atoms with Gasteiger partial charge in [0.2, 0.25) is 0 Å². The maximum Gasteiger partial charge on any atom is 0.504 e. The number of epoxide rings is 1. The molecule has 0 spiro atoms. The van der Waals surface area contributed by atoms with Crippen molar-refractivity contribution in [1.29, 1.82) is 0 Å². The van der Waals surface area contributed by atoms with E-state index < -0.39 is 8.80 Å². The third kappa shape index (κ3) is 2.45. The summed E-state index contributed by atoms with van der Waals surface area (Å²) < 4.78 is 24.9. The topological polar surface area (TPSA) is 40.2 Å². The van der Waals surface area contributed by atoms with Gasteiger partial charge in [0.1, 0.15) is 0 Å². The second kappa shape index (κ2) is 6.30. The van der Waals surface area contributed by atoms with E-state index in [0.717, 1.165) is 35.5 Å². The fraction of sp³-hybridized carbons (Fsp3) is 1.00. The van der Waals surface area contributed by atoms with E-state index in [1.165, 1.54) is 32.1 Å². The highest BCUT2D eigenvalue weighted by Gasteiger charge is 2.69. The van der Waals surface area contributed by atoms with Gasteiger partial charge in [-0.2, -0.15) is 0 Å². The maximum absolute atomic E-state index is 6.35. The SMILES string of the molecule is CCO[Si](OCC)(OCC)C1CCC2C3CC(C4CC5OC5CC34)C21. The van der Waals surface area contributed by atoms with Crippen molar-refractivity contribution >= 4 is 8.80 Å². The van der Waals surface area contributed by atoms with Gasteiger partial charge in [-0.25, -0.2) is 0 Å². The van der Waals surface area contributed by atoms with Crippen LogP contribution in [0.15, 0.2) is 0 Å². The van der Waals surface area contributed by atoms with Crippen LogP contribution >= 0.6 is 0 Å². The summed E-state index contributed by atoms with van der Waals surface area (Å²) in [5.41, 5.74) is 0.533. The monoisotopic (exact) mass is 366 g/mol. The molecule has 5 fully saturated rings. The predicted molar refractivity (Wildman–Crippen MR) is 97.1 cm³/mol. The van der Waals surface area contributed by atoms with Gasteiger partial charge in [-0.15, -0.1) is 0 Å². The van der Waals surface area contributed by atoms with Crippen molar-refractivity contribution in [2.24, 2.45) is 35.5 Å². The van der Waals surface area contributed by atoms with Crippen LogP contribution in [0.4, 0.5) is 0 Å². The number of hydrogen-bond donors (Lipinski definition) is 0. The van der Waals surface area contributed by atoms with Crippen LogP contribution in [0, 0.1) is 35.5 Å². The van der Waals surface area contributed by atoms with E-state index in [1.54, 1.807) is 0 Å². The summed E-state index contributed by atoms with van der Waals surface area (Å²) in [4.78, 5) is 0. The number of rotatable bonds is 7. The average Bonchev–Trinajstić information content (AvgIpc) is 2.93. The molecule has 0 aromatic heterocycles. The Labute approximate surface area is 153 Å². The zero-order valence-corrected chi connectivity index (χ0v) is 17.0. The third-order valence-corrected chi connectivity index (χ3v) is 11.9. The average molecular weight is 367 g/mol. The molecule has 0 aromatic rings. The van der Waals surface area contributed by atoms with Gasteiger partial charge < -0.3 is 18.0 Å². The normalized spacial score (nSPS) is 49.8. The molecule has 0 amide bonds. The van der Waals surface area contributed by atoms with Crippen LogP contribution in [0.1, 0.15) is 52.9 Å². The predicted octanol–water partition coefficient (Wildman–Crippen LogP) is 3.87. The Morgan fingerprint density at radius 2 is 1.28 bits per heavy atom. The molecule has 5 heteroatoms. The molecule has 4 aliphatic carbocycles. The fourth-order valence-corrected chi connectivity index (χ4v) is 11.3. The molecule has 2 bridgehead atoms. The number of ether oxygens (including phenoxy) is 1. The highest BCUT2D eigenvalue weighted by atomic mass is 28.4. The van der Waals surface area contributed by atoms with Gasteiger partial charge in [0.15, 0.2) is 0 Å². The van der Waals surface area contributed by atoms with E-state index in [2.05, 4.69) is 20.8 Å². The molecule has 5 rings (SSSR count). The lowest BCUT2D eigenvalue weighted by Gasteiger charge is -2.44. The van der Waals surface area contributed by atoms with Crippen LogP contribution in [-0.2, 0) is 18.0 Å². The van der Waals surface area contributed by atoms with Crippen molar-refractivity contribution in [2.45, 2.75) is 70.6 Å². The molecule has 25 heavy (non-hydrogen) atoms. The Kier molecular flexibility index (Phi) is 4.33. The molecule has 1 heterocycles. The first-order valence-corrected chi connectivity index (χ1v) is 12.6. The van der Waals surface area contributed by atoms with E-state index in [1.807, 2.05) is 0 Å². The highest BCUT2D eigenvalue weighted by Crippen LogP contribution is 2.71. The fourth-order valence-electron chi connectivity index (χ4n) is 7.70. The van der Waals surface area contributed by atoms with Gasteiger partial charge in [-0.3, -0.25) is 0 Å². The smallest absolute Gasteiger partial charge is 0.374 e. The molecule has 0 radical (unpaired) electrons. The maximum atomic E-state index is 6.35. The molecule has 4 nitrogen and oxygen atoms in total. The quantitative estimate of drug-likeness (QED) is 0.506. The Morgan fingerprint density at radius 3 is 1.88 bits per heavy atom. The molecule has 4 saturated carbocycles. The number of hydrogen-bond acceptors (Lipinski definition) is 4. The summed E-state index contributed by atoms with van der Waals surface area (Å²) in [6.07, 6.45) is 8.02. The molecule has 1 aliphatic heterocycles. The molecule has 142 valence electrons. The van der Waals surface area contributed by atoms with E-state index in [0.29, 0.717) is 37.6 Å². The van der Waals surface area contributed by atoms with Crippen LogP contribution in [0.3, 0.4) is 0 Å². The van der Waals surface area contributed by atoms with Crippen molar-refractivity contribution in [3.63, 3.8) is 0 Å². The molecular weight excluding hydrogens is 332 g/mol. The minimum absolute atomic E-state index is 0.533. The lowest BCUT2D eigenvalue weighted by Crippen LogP contribution is -2.53. The van der Waals surface area contributed by atoms with Gasteiger partial charge in [0.05, 0.1) is 12.2 Å². The molecule has 0 N–H and O–H groups in total. The second-order valence-electron chi connectivity index (χ2n) is 8.90. The Morgan fingerprint density at radius 1 is 0.720 bits per heavy atom. The van der Waals surface area contributed by atoms with Crippen molar-refractivity contribution in [3.05, 3.63) is 0 Å². The van der Waals surface area contributed by atoms with Gasteiger partial charge in [-0.1, -0.05) is 0 Å². The van der Waals surface area contributed by atoms with E-state index in [9.17, 15) is 0 Å². The van der Waals surface area contributed by atoms with Crippen LogP contribution in [0.2, 0.25) is 5.54 Å². The Balaban J connectivity index is 1.42. The Hall–Kier alpha value is 0.0569. The van der Waals surface area contributed by atoms with Crippen LogP contribution in [0.5, 0.6) is 0 Å². The van der Waals surface area contributed by atoms with Crippen LogP contribution in [0.25, 0.3) is 0 Å². The van der Waals surface area contributed by atoms with Gasteiger partial charge in [0.25, 0.3) is 0 Å².